The minimum atomic E-state index is -3.76. The second-order valence-electron chi connectivity index (χ2n) is 6.36. The van der Waals surface area contributed by atoms with Crippen molar-refractivity contribution in [2.75, 3.05) is 31.9 Å². The van der Waals surface area contributed by atoms with E-state index in [-0.39, 0.29) is 10.8 Å². The third-order valence-corrected chi connectivity index (χ3v) is 5.23. The molecule has 0 unspecified atom stereocenters. The van der Waals surface area contributed by atoms with Gasteiger partial charge < -0.3 is 10.2 Å². The summed E-state index contributed by atoms with van der Waals surface area (Å²) in [5, 5.41) is 2.81. The molecule has 6 nitrogen and oxygen atoms in total. The van der Waals surface area contributed by atoms with Crippen molar-refractivity contribution in [1.29, 1.82) is 0 Å². The number of amides is 1. The van der Waals surface area contributed by atoms with Gasteiger partial charge in [-0.05, 0) is 63.8 Å². The maximum absolute atomic E-state index is 12.6. The topological polar surface area (TPSA) is 78.5 Å². The van der Waals surface area contributed by atoms with Gasteiger partial charge in [-0.1, -0.05) is 24.3 Å². The fourth-order valence-corrected chi connectivity index (χ4v) is 3.57. The molecule has 140 valence electrons. The predicted octanol–water partition coefficient (Wildman–Crippen LogP) is 2.48. The van der Waals surface area contributed by atoms with Crippen molar-refractivity contribution < 1.29 is 13.2 Å². The lowest BCUT2D eigenvalue weighted by Crippen LogP contribution is -2.27. The van der Waals surface area contributed by atoms with Crippen LogP contribution in [-0.2, 0) is 10.0 Å². The van der Waals surface area contributed by atoms with Crippen molar-refractivity contribution in [2.45, 2.75) is 18.2 Å². The molecule has 7 heteroatoms. The van der Waals surface area contributed by atoms with E-state index in [4.69, 9.17) is 0 Å². The summed E-state index contributed by atoms with van der Waals surface area (Å²) in [6, 6.07) is 13.2. The Kier molecular flexibility index (Phi) is 6.76. The van der Waals surface area contributed by atoms with Crippen LogP contribution in [0.2, 0.25) is 0 Å². The summed E-state index contributed by atoms with van der Waals surface area (Å²) >= 11 is 0. The summed E-state index contributed by atoms with van der Waals surface area (Å²) in [5.41, 5.74) is 1.67. The Bertz CT molecular complexity index is 864. The van der Waals surface area contributed by atoms with Crippen molar-refractivity contribution in [3.05, 3.63) is 59.7 Å². The molecule has 0 spiro atoms. The van der Waals surface area contributed by atoms with Crippen molar-refractivity contribution in [1.82, 2.24) is 10.2 Å². The Morgan fingerprint density at radius 2 is 1.81 bits per heavy atom. The molecular weight excluding hydrogens is 350 g/mol. The molecule has 2 rings (SSSR count). The highest BCUT2D eigenvalue weighted by molar-refractivity contribution is 7.92. The third kappa shape index (κ3) is 5.57. The molecule has 1 amide bonds. The highest BCUT2D eigenvalue weighted by Crippen LogP contribution is 2.20. The van der Waals surface area contributed by atoms with Gasteiger partial charge in [0.2, 0.25) is 0 Å². The van der Waals surface area contributed by atoms with Crippen molar-refractivity contribution in [3.63, 3.8) is 0 Å². The van der Waals surface area contributed by atoms with Gasteiger partial charge in [0.05, 0.1) is 10.6 Å². The number of para-hydroxylation sites is 1. The van der Waals surface area contributed by atoms with Crippen LogP contribution >= 0.6 is 0 Å². The fraction of sp³-hybridized carbons (Fsp3) is 0.316. The van der Waals surface area contributed by atoms with E-state index in [1.807, 2.05) is 38.1 Å². The van der Waals surface area contributed by atoms with Crippen LogP contribution in [0.3, 0.4) is 0 Å². The lowest BCUT2D eigenvalue weighted by Gasteiger charge is -2.12. The number of nitrogens with one attached hydrogen (secondary N) is 2. The van der Waals surface area contributed by atoms with E-state index in [1.54, 1.807) is 24.3 Å². The zero-order valence-electron chi connectivity index (χ0n) is 15.3. The Labute approximate surface area is 155 Å². The number of hydrogen-bond donors (Lipinski definition) is 2. The number of aryl methyl sites for hydroxylation is 1. The third-order valence-electron chi connectivity index (χ3n) is 3.86. The Morgan fingerprint density at radius 1 is 1.08 bits per heavy atom. The maximum Gasteiger partial charge on any atom is 0.261 e. The SMILES string of the molecule is Cc1ccccc1NS(=O)(=O)c1cccc(C(=O)NCCCN(C)C)c1. The smallest absolute Gasteiger partial charge is 0.261 e. The van der Waals surface area contributed by atoms with Gasteiger partial charge in [0, 0.05) is 12.1 Å². The van der Waals surface area contributed by atoms with Crippen LogP contribution in [0, 0.1) is 6.92 Å². The molecule has 0 aromatic heterocycles. The van der Waals surface area contributed by atoms with E-state index in [0.29, 0.717) is 17.8 Å². The average molecular weight is 375 g/mol. The summed E-state index contributed by atoms with van der Waals surface area (Å²) in [4.78, 5) is 14.3. The lowest BCUT2D eigenvalue weighted by molar-refractivity contribution is 0.0952. The lowest BCUT2D eigenvalue weighted by atomic mass is 10.2. The molecule has 0 aliphatic heterocycles. The van der Waals surface area contributed by atoms with Crippen molar-refractivity contribution in [2.24, 2.45) is 0 Å². The van der Waals surface area contributed by atoms with Crippen LogP contribution in [0.5, 0.6) is 0 Å². The Hall–Kier alpha value is -2.38. The highest BCUT2D eigenvalue weighted by atomic mass is 32.2. The van der Waals surface area contributed by atoms with E-state index in [9.17, 15) is 13.2 Å². The monoisotopic (exact) mass is 375 g/mol. The molecule has 0 bridgehead atoms. The van der Waals surface area contributed by atoms with Crippen LogP contribution in [0.4, 0.5) is 5.69 Å². The average Bonchev–Trinajstić information content (AvgIpc) is 2.60. The van der Waals surface area contributed by atoms with E-state index < -0.39 is 10.0 Å². The number of nitrogens with zero attached hydrogens (tertiary/aromatic N) is 1. The standard InChI is InChI=1S/C19H25N3O3S/c1-15-8-4-5-11-18(15)21-26(24,25)17-10-6-9-16(14-17)19(23)20-12-7-13-22(2)3/h4-6,8-11,14,21H,7,12-13H2,1-3H3,(H,20,23). The van der Waals surface area contributed by atoms with Gasteiger partial charge in [0.1, 0.15) is 0 Å². The minimum absolute atomic E-state index is 0.0571. The first-order chi connectivity index (χ1) is 12.3. The number of carbonyl (C=O) groups excluding carboxylic acids is 1. The molecule has 0 saturated heterocycles. The summed E-state index contributed by atoms with van der Waals surface area (Å²) < 4.78 is 27.8. The predicted molar refractivity (Wildman–Crippen MR) is 104 cm³/mol. The molecule has 2 aromatic carbocycles. The summed E-state index contributed by atoms with van der Waals surface area (Å²) in [6.07, 6.45) is 0.825. The highest BCUT2D eigenvalue weighted by Gasteiger charge is 2.17. The van der Waals surface area contributed by atoms with Crippen molar-refractivity contribution >= 4 is 21.6 Å². The summed E-state index contributed by atoms with van der Waals surface area (Å²) in [5.74, 6) is -0.281. The van der Waals surface area contributed by atoms with E-state index in [2.05, 4.69) is 10.0 Å². The molecule has 2 N–H and O–H groups in total. The van der Waals surface area contributed by atoms with Crippen LogP contribution in [-0.4, -0.2) is 46.4 Å². The molecule has 26 heavy (non-hydrogen) atoms. The van der Waals surface area contributed by atoms with Gasteiger partial charge in [-0.2, -0.15) is 0 Å². The Balaban J connectivity index is 2.10. The molecular formula is C19H25N3O3S. The number of hydrogen-bond acceptors (Lipinski definition) is 4. The zero-order valence-corrected chi connectivity index (χ0v) is 16.1. The summed E-state index contributed by atoms with van der Waals surface area (Å²) in [6.45, 7) is 3.24. The zero-order chi connectivity index (χ0) is 19.2. The number of carbonyl (C=O) groups is 1. The van der Waals surface area contributed by atoms with Gasteiger partial charge in [0.15, 0.2) is 0 Å². The second kappa shape index (κ2) is 8.82. The molecule has 0 heterocycles. The second-order valence-corrected chi connectivity index (χ2v) is 8.04. The number of anilines is 1. The largest absolute Gasteiger partial charge is 0.352 e. The van der Waals surface area contributed by atoms with Crippen LogP contribution in [0.25, 0.3) is 0 Å². The first-order valence-corrected chi connectivity index (χ1v) is 9.89. The van der Waals surface area contributed by atoms with Crippen LogP contribution < -0.4 is 10.0 Å². The molecule has 0 fully saturated rings. The molecule has 0 atom stereocenters. The van der Waals surface area contributed by atoms with Gasteiger partial charge >= 0.3 is 0 Å². The molecule has 0 saturated carbocycles. The summed E-state index contributed by atoms with van der Waals surface area (Å²) in [7, 11) is 0.175. The van der Waals surface area contributed by atoms with Gasteiger partial charge in [-0.25, -0.2) is 8.42 Å². The van der Waals surface area contributed by atoms with Gasteiger partial charge in [-0.3, -0.25) is 9.52 Å². The van der Waals surface area contributed by atoms with E-state index >= 15 is 0 Å². The van der Waals surface area contributed by atoms with E-state index in [1.165, 1.54) is 12.1 Å². The normalized spacial score (nSPS) is 11.4. The van der Waals surface area contributed by atoms with Gasteiger partial charge in [0.25, 0.3) is 15.9 Å². The van der Waals surface area contributed by atoms with E-state index in [0.717, 1.165) is 18.5 Å². The molecule has 0 aliphatic rings. The number of benzene rings is 2. The van der Waals surface area contributed by atoms with Gasteiger partial charge in [-0.15, -0.1) is 0 Å². The minimum Gasteiger partial charge on any atom is -0.352 e. The quantitative estimate of drug-likeness (QED) is 0.695. The Morgan fingerprint density at radius 3 is 2.50 bits per heavy atom. The maximum atomic E-state index is 12.6. The molecule has 0 aliphatic carbocycles. The first-order valence-electron chi connectivity index (χ1n) is 8.41. The molecule has 2 aromatic rings. The first kappa shape index (κ1) is 19.9. The molecule has 0 radical (unpaired) electrons. The van der Waals surface area contributed by atoms with Crippen molar-refractivity contribution in [3.8, 4) is 0 Å². The van der Waals surface area contributed by atoms with Crippen LogP contribution in [0.15, 0.2) is 53.4 Å². The number of rotatable bonds is 8. The van der Waals surface area contributed by atoms with Crippen LogP contribution in [0.1, 0.15) is 22.3 Å². The number of sulfonamides is 1. The fourth-order valence-electron chi connectivity index (χ4n) is 2.39.